The van der Waals surface area contributed by atoms with Gasteiger partial charge in [0.15, 0.2) is 0 Å². The lowest BCUT2D eigenvalue weighted by Gasteiger charge is -2.27. The van der Waals surface area contributed by atoms with E-state index < -0.39 is 0 Å². The van der Waals surface area contributed by atoms with Gasteiger partial charge < -0.3 is 14.1 Å². The lowest BCUT2D eigenvalue weighted by molar-refractivity contribution is -0.127. The second kappa shape index (κ2) is 8.81. The molecular formula is C20H23NO3S. The Bertz CT molecular complexity index is 707. The van der Waals surface area contributed by atoms with Crippen molar-refractivity contribution in [1.29, 1.82) is 0 Å². The van der Waals surface area contributed by atoms with Crippen LogP contribution in [0.1, 0.15) is 31.4 Å². The number of hydrogen-bond acceptors (Lipinski definition) is 4. The molecule has 25 heavy (non-hydrogen) atoms. The normalized spacial score (nSPS) is 14.0. The molecule has 0 spiro atoms. The Balaban J connectivity index is 1.66. The molecule has 0 fully saturated rings. The molecule has 3 rings (SSSR count). The predicted molar refractivity (Wildman–Crippen MR) is 99.5 cm³/mol. The summed E-state index contributed by atoms with van der Waals surface area (Å²) in [7, 11) is 1.65. The highest BCUT2D eigenvalue weighted by atomic mass is 32.2. The SMILES string of the molecule is COc1ccc(SCC(=O)N(Cc2ccco2)C2=CCCCC2)cc1. The molecule has 0 aliphatic heterocycles. The van der Waals surface area contributed by atoms with Crippen molar-refractivity contribution in [2.75, 3.05) is 12.9 Å². The molecule has 0 radical (unpaired) electrons. The number of rotatable bonds is 7. The van der Waals surface area contributed by atoms with Crippen molar-refractivity contribution in [1.82, 2.24) is 4.90 Å². The zero-order valence-corrected chi connectivity index (χ0v) is 15.3. The van der Waals surface area contributed by atoms with E-state index in [-0.39, 0.29) is 5.91 Å². The maximum atomic E-state index is 12.9. The number of carbonyl (C=O) groups is 1. The second-order valence-electron chi connectivity index (χ2n) is 5.96. The van der Waals surface area contributed by atoms with Crippen molar-refractivity contribution in [3.8, 4) is 5.75 Å². The van der Waals surface area contributed by atoms with Crippen LogP contribution in [0.5, 0.6) is 5.75 Å². The highest BCUT2D eigenvalue weighted by molar-refractivity contribution is 8.00. The maximum Gasteiger partial charge on any atom is 0.237 e. The van der Waals surface area contributed by atoms with Gasteiger partial charge in [-0.15, -0.1) is 11.8 Å². The number of methoxy groups -OCH3 is 1. The maximum absolute atomic E-state index is 12.9. The monoisotopic (exact) mass is 357 g/mol. The minimum atomic E-state index is 0.116. The number of benzene rings is 1. The number of thioether (sulfide) groups is 1. The van der Waals surface area contributed by atoms with Gasteiger partial charge in [-0.2, -0.15) is 0 Å². The van der Waals surface area contributed by atoms with Gasteiger partial charge in [-0.1, -0.05) is 6.08 Å². The van der Waals surface area contributed by atoms with Crippen molar-refractivity contribution in [3.63, 3.8) is 0 Å². The number of hydrogen-bond donors (Lipinski definition) is 0. The second-order valence-corrected chi connectivity index (χ2v) is 7.01. The van der Waals surface area contributed by atoms with Crippen molar-refractivity contribution >= 4 is 17.7 Å². The van der Waals surface area contributed by atoms with E-state index in [9.17, 15) is 4.79 Å². The van der Waals surface area contributed by atoms with E-state index in [1.165, 1.54) is 6.42 Å². The van der Waals surface area contributed by atoms with Crippen LogP contribution < -0.4 is 4.74 Å². The molecular weight excluding hydrogens is 334 g/mol. The molecule has 1 amide bonds. The van der Waals surface area contributed by atoms with E-state index >= 15 is 0 Å². The number of allylic oxidation sites excluding steroid dienone is 2. The summed E-state index contributed by atoms with van der Waals surface area (Å²) in [5.74, 6) is 2.16. The summed E-state index contributed by atoms with van der Waals surface area (Å²) in [6.45, 7) is 0.501. The van der Waals surface area contributed by atoms with E-state index in [1.807, 2.05) is 41.3 Å². The molecule has 2 aromatic rings. The highest BCUT2D eigenvalue weighted by Crippen LogP contribution is 2.26. The van der Waals surface area contributed by atoms with Gasteiger partial charge in [0.2, 0.25) is 5.91 Å². The summed E-state index contributed by atoms with van der Waals surface area (Å²) in [6.07, 6.45) is 8.19. The van der Waals surface area contributed by atoms with E-state index in [2.05, 4.69) is 6.08 Å². The van der Waals surface area contributed by atoms with Crippen LogP contribution in [0.25, 0.3) is 0 Å². The first-order chi connectivity index (χ1) is 12.3. The van der Waals surface area contributed by atoms with Gasteiger partial charge in [-0.25, -0.2) is 0 Å². The molecule has 1 aliphatic rings. The molecule has 1 aromatic heterocycles. The quantitative estimate of drug-likeness (QED) is 0.663. The van der Waals surface area contributed by atoms with Gasteiger partial charge in [0.1, 0.15) is 11.5 Å². The first-order valence-corrected chi connectivity index (χ1v) is 9.53. The van der Waals surface area contributed by atoms with Crippen LogP contribution in [0, 0.1) is 0 Å². The minimum Gasteiger partial charge on any atom is -0.497 e. The standard InChI is InChI=1S/C20H23NO3S/c1-23-17-9-11-19(12-10-17)25-15-20(22)21(14-18-8-5-13-24-18)16-6-3-2-4-7-16/h5-6,8-13H,2-4,7,14-15H2,1H3. The molecule has 0 saturated heterocycles. The molecule has 0 bridgehead atoms. The number of furan rings is 1. The number of ether oxygens (including phenoxy) is 1. The molecule has 0 N–H and O–H groups in total. The van der Waals surface area contributed by atoms with E-state index in [4.69, 9.17) is 9.15 Å². The summed E-state index contributed by atoms with van der Waals surface area (Å²) < 4.78 is 10.6. The molecule has 132 valence electrons. The average molecular weight is 357 g/mol. The molecule has 1 aromatic carbocycles. The predicted octanol–water partition coefficient (Wildman–Crippen LogP) is 4.87. The van der Waals surface area contributed by atoms with Crippen LogP contribution in [0.4, 0.5) is 0 Å². The Morgan fingerprint density at radius 3 is 2.72 bits per heavy atom. The minimum absolute atomic E-state index is 0.116. The Hall–Kier alpha value is -2.14. The lowest BCUT2D eigenvalue weighted by Crippen LogP contribution is -2.32. The third kappa shape index (κ3) is 4.92. The number of nitrogens with zero attached hydrogens (tertiary/aromatic N) is 1. The molecule has 1 aliphatic carbocycles. The van der Waals surface area contributed by atoms with Gasteiger partial charge in [0, 0.05) is 10.6 Å². The van der Waals surface area contributed by atoms with E-state index in [0.29, 0.717) is 12.3 Å². The Morgan fingerprint density at radius 2 is 2.08 bits per heavy atom. The molecule has 0 unspecified atom stereocenters. The summed E-state index contributed by atoms with van der Waals surface area (Å²) in [5.41, 5.74) is 1.13. The van der Waals surface area contributed by atoms with Crippen molar-refractivity contribution in [2.24, 2.45) is 0 Å². The van der Waals surface area contributed by atoms with Crippen LogP contribution in [0.15, 0.2) is 63.7 Å². The fourth-order valence-corrected chi connectivity index (χ4v) is 3.64. The van der Waals surface area contributed by atoms with Crippen LogP contribution in [-0.4, -0.2) is 23.7 Å². The molecule has 0 atom stereocenters. The third-order valence-electron chi connectivity index (χ3n) is 4.23. The summed E-state index contributed by atoms with van der Waals surface area (Å²) in [5, 5.41) is 0. The summed E-state index contributed by atoms with van der Waals surface area (Å²) >= 11 is 1.55. The van der Waals surface area contributed by atoms with Crippen LogP contribution in [-0.2, 0) is 11.3 Å². The van der Waals surface area contributed by atoms with Gasteiger partial charge in [0.05, 0.1) is 25.7 Å². The summed E-state index contributed by atoms with van der Waals surface area (Å²) in [4.78, 5) is 15.8. The Kier molecular flexibility index (Phi) is 6.23. The van der Waals surface area contributed by atoms with Crippen LogP contribution in [0.2, 0.25) is 0 Å². The average Bonchev–Trinajstić information content (AvgIpc) is 3.18. The van der Waals surface area contributed by atoms with Gasteiger partial charge >= 0.3 is 0 Å². The lowest BCUT2D eigenvalue weighted by atomic mass is 10.0. The van der Waals surface area contributed by atoms with Gasteiger partial charge in [-0.3, -0.25) is 4.79 Å². The largest absolute Gasteiger partial charge is 0.497 e. The fourth-order valence-electron chi connectivity index (χ4n) is 2.87. The Labute approximate surface area is 152 Å². The van der Waals surface area contributed by atoms with E-state index in [1.54, 1.807) is 25.1 Å². The molecule has 4 nitrogen and oxygen atoms in total. The summed E-state index contributed by atoms with van der Waals surface area (Å²) in [6, 6.07) is 11.6. The van der Waals surface area contributed by atoms with Crippen LogP contribution >= 0.6 is 11.8 Å². The topological polar surface area (TPSA) is 42.7 Å². The van der Waals surface area contributed by atoms with Crippen LogP contribution in [0.3, 0.4) is 0 Å². The smallest absolute Gasteiger partial charge is 0.237 e. The zero-order chi connectivity index (χ0) is 17.5. The zero-order valence-electron chi connectivity index (χ0n) is 14.4. The number of amides is 1. The van der Waals surface area contributed by atoms with E-state index in [0.717, 1.165) is 41.4 Å². The van der Waals surface area contributed by atoms with Crippen molar-refractivity contribution in [3.05, 3.63) is 60.2 Å². The first-order valence-electron chi connectivity index (χ1n) is 8.55. The Morgan fingerprint density at radius 1 is 1.24 bits per heavy atom. The third-order valence-corrected chi connectivity index (χ3v) is 5.23. The van der Waals surface area contributed by atoms with Crippen molar-refractivity contribution < 1.29 is 13.9 Å². The highest BCUT2D eigenvalue weighted by Gasteiger charge is 2.21. The van der Waals surface area contributed by atoms with Crippen molar-refractivity contribution in [2.45, 2.75) is 37.1 Å². The van der Waals surface area contributed by atoms with Gasteiger partial charge in [0.25, 0.3) is 0 Å². The molecule has 5 heteroatoms. The molecule has 1 heterocycles. The fraction of sp³-hybridized carbons (Fsp3) is 0.350. The van der Waals surface area contributed by atoms with Gasteiger partial charge in [-0.05, 0) is 62.1 Å². The first kappa shape index (κ1) is 17.7. The molecule has 0 saturated carbocycles. The number of carbonyl (C=O) groups excluding carboxylic acids is 1.